The van der Waals surface area contributed by atoms with Crippen LogP contribution in [-0.4, -0.2) is 80.9 Å². The van der Waals surface area contributed by atoms with Gasteiger partial charge < -0.3 is 24.8 Å². The lowest BCUT2D eigenvalue weighted by atomic mass is 9.99. The molecule has 1 aliphatic rings. The molecule has 0 aromatic heterocycles. The van der Waals surface area contributed by atoms with Crippen LogP contribution in [0, 0.1) is 5.92 Å². The van der Waals surface area contributed by atoms with Gasteiger partial charge in [-0.05, 0) is 35.6 Å². The summed E-state index contributed by atoms with van der Waals surface area (Å²) in [5, 5.41) is 5.17. The van der Waals surface area contributed by atoms with Crippen LogP contribution in [0.2, 0.25) is 0 Å². The summed E-state index contributed by atoms with van der Waals surface area (Å²) in [6.45, 7) is 6.93. The van der Waals surface area contributed by atoms with E-state index in [1.807, 2.05) is 30.3 Å². The molecule has 1 aliphatic heterocycles. The van der Waals surface area contributed by atoms with Gasteiger partial charge in [0.1, 0.15) is 31.7 Å². The number of rotatable bonds is 14. The third-order valence-electron chi connectivity index (χ3n) is 6.42. The maximum Gasteiger partial charge on any atom is 0.408 e. The maximum atomic E-state index is 13.4. The highest BCUT2D eigenvalue weighted by Crippen LogP contribution is 2.15. The van der Waals surface area contributed by atoms with Gasteiger partial charge in [0, 0.05) is 19.6 Å². The van der Waals surface area contributed by atoms with Crippen LogP contribution < -0.4 is 15.4 Å². The molecule has 3 rings (SSSR count). The zero-order valence-electron chi connectivity index (χ0n) is 22.6. The monoisotopic (exact) mass is 543 g/mol. The normalized spacial score (nSPS) is 15.3. The second-order valence-corrected chi connectivity index (χ2v) is 9.74. The summed E-state index contributed by atoms with van der Waals surface area (Å²) < 4.78 is 29.7. The van der Waals surface area contributed by atoms with Crippen LogP contribution in [-0.2, 0) is 32.1 Å². The van der Waals surface area contributed by atoms with E-state index in [4.69, 9.17) is 14.2 Å². The Bertz CT molecular complexity index is 1040. The number of nitrogens with zero attached hydrogens (tertiary/aromatic N) is 1. The summed E-state index contributed by atoms with van der Waals surface area (Å²) in [4.78, 5) is 40.0. The van der Waals surface area contributed by atoms with Crippen molar-refractivity contribution < 1.29 is 33.0 Å². The molecule has 0 saturated carbocycles. The Morgan fingerprint density at radius 1 is 0.974 bits per heavy atom. The van der Waals surface area contributed by atoms with Crippen molar-refractivity contribution in [3.63, 3.8) is 0 Å². The average molecular weight is 544 g/mol. The summed E-state index contributed by atoms with van der Waals surface area (Å²) in [7, 11) is 0. The Kier molecular flexibility index (Phi) is 12.2. The van der Waals surface area contributed by atoms with E-state index in [0.717, 1.165) is 44.0 Å². The molecular weight excluding hydrogens is 505 g/mol. The molecule has 2 aromatic rings. The largest absolute Gasteiger partial charge is 0.492 e. The van der Waals surface area contributed by atoms with Crippen molar-refractivity contribution in [1.29, 1.82) is 0 Å². The topological polar surface area (TPSA) is 106 Å². The smallest absolute Gasteiger partial charge is 0.408 e. The summed E-state index contributed by atoms with van der Waals surface area (Å²) in [6, 6.07) is 14.2. The van der Waals surface area contributed by atoms with E-state index in [1.54, 1.807) is 38.1 Å². The zero-order chi connectivity index (χ0) is 28.0. The highest BCUT2D eigenvalue weighted by molar-refractivity contribution is 5.93. The Morgan fingerprint density at radius 2 is 1.67 bits per heavy atom. The fraction of sp³-hybridized carbons (Fsp3) is 0.483. The van der Waals surface area contributed by atoms with Crippen LogP contribution in [0.15, 0.2) is 54.6 Å². The molecule has 39 heavy (non-hydrogen) atoms. The molecule has 0 spiro atoms. The van der Waals surface area contributed by atoms with Gasteiger partial charge >= 0.3 is 6.09 Å². The molecule has 2 amide bonds. The van der Waals surface area contributed by atoms with E-state index >= 15 is 0 Å². The number of amides is 2. The fourth-order valence-corrected chi connectivity index (χ4v) is 4.10. The molecule has 1 fully saturated rings. The first kappa shape index (κ1) is 30.0. The fourth-order valence-electron chi connectivity index (χ4n) is 4.10. The zero-order valence-corrected chi connectivity index (χ0v) is 22.6. The number of benzene rings is 2. The average Bonchev–Trinajstić information content (AvgIpc) is 2.95. The van der Waals surface area contributed by atoms with Crippen molar-refractivity contribution in [2.45, 2.75) is 39.0 Å². The molecule has 2 aromatic carbocycles. The van der Waals surface area contributed by atoms with Crippen molar-refractivity contribution in [2.24, 2.45) is 5.92 Å². The third-order valence-corrected chi connectivity index (χ3v) is 6.42. The number of carbonyl (C=O) groups excluding carboxylic acids is 3. The molecule has 2 N–H and O–H groups in total. The number of carbonyl (C=O) groups is 3. The Labute approximate surface area is 229 Å². The van der Waals surface area contributed by atoms with Gasteiger partial charge in [0.25, 0.3) is 0 Å². The highest BCUT2D eigenvalue weighted by Gasteiger charge is 2.29. The SMILES string of the molecule is CC(C)C(NC(=O)OCc1ccccc1)C(=O)NC(Cc1ccc(OCCN2CCOCC2)cc1)C(=O)CF. The number of halogens is 1. The van der Waals surface area contributed by atoms with Crippen LogP contribution in [0.4, 0.5) is 9.18 Å². The van der Waals surface area contributed by atoms with Crippen molar-refractivity contribution in [3.05, 3.63) is 65.7 Å². The molecule has 212 valence electrons. The molecule has 1 heterocycles. The van der Waals surface area contributed by atoms with Gasteiger partial charge in [-0.1, -0.05) is 56.3 Å². The molecule has 0 radical (unpaired) electrons. The first-order valence-corrected chi connectivity index (χ1v) is 13.2. The van der Waals surface area contributed by atoms with Gasteiger partial charge in [-0.15, -0.1) is 0 Å². The lowest BCUT2D eigenvalue weighted by Gasteiger charge is -2.26. The van der Waals surface area contributed by atoms with Crippen molar-refractivity contribution >= 4 is 17.8 Å². The lowest BCUT2D eigenvalue weighted by Crippen LogP contribution is -2.54. The quantitative estimate of drug-likeness (QED) is 0.377. The van der Waals surface area contributed by atoms with Crippen LogP contribution >= 0.6 is 0 Å². The number of hydrogen-bond acceptors (Lipinski definition) is 7. The maximum absolute atomic E-state index is 13.4. The third kappa shape index (κ3) is 10.3. The number of nitrogens with one attached hydrogen (secondary N) is 2. The molecule has 0 aliphatic carbocycles. The standard InChI is InChI=1S/C29H38FN3O6/c1-21(2)27(32-29(36)39-20-23-6-4-3-5-7-23)28(35)31-25(26(34)19-30)18-22-8-10-24(11-9-22)38-17-14-33-12-15-37-16-13-33/h3-11,21,25,27H,12-20H2,1-2H3,(H,31,35)(H,32,36). The second kappa shape index (κ2) is 15.8. The van der Waals surface area contributed by atoms with E-state index in [2.05, 4.69) is 15.5 Å². The number of ketones is 1. The van der Waals surface area contributed by atoms with Gasteiger partial charge in [0.2, 0.25) is 5.91 Å². The predicted molar refractivity (Wildman–Crippen MR) is 144 cm³/mol. The molecule has 10 heteroatoms. The summed E-state index contributed by atoms with van der Waals surface area (Å²) in [6.07, 6.45) is -0.656. The first-order chi connectivity index (χ1) is 18.9. The summed E-state index contributed by atoms with van der Waals surface area (Å²) >= 11 is 0. The van der Waals surface area contributed by atoms with Crippen LogP contribution in [0.1, 0.15) is 25.0 Å². The van der Waals surface area contributed by atoms with E-state index in [-0.39, 0.29) is 18.9 Å². The number of alkyl carbamates (subject to hydrolysis) is 1. The Balaban J connectivity index is 1.52. The van der Waals surface area contributed by atoms with Gasteiger partial charge in [-0.3, -0.25) is 14.5 Å². The van der Waals surface area contributed by atoms with Crippen molar-refractivity contribution in [1.82, 2.24) is 15.5 Å². The van der Waals surface area contributed by atoms with E-state index in [0.29, 0.717) is 12.4 Å². The molecule has 2 unspecified atom stereocenters. The van der Waals surface area contributed by atoms with Crippen LogP contribution in [0.3, 0.4) is 0 Å². The molecule has 1 saturated heterocycles. The van der Waals surface area contributed by atoms with Crippen LogP contribution in [0.5, 0.6) is 5.75 Å². The van der Waals surface area contributed by atoms with Gasteiger partial charge in [-0.2, -0.15) is 0 Å². The van der Waals surface area contributed by atoms with E-state index in [9.17, 15) is 18.8 Å². The van der Waals surface area contributed by atoms with Crippen molar-refractivity contribution in [2.75, 3.05) is 46.1 Å². The molecular formula is C29H38FN3O6. The number of ether oxygens (including phenoxy) is 3. The number of morpholine rings is 1. The van der Waals surface area contributed by atoms with Crippen LogP contribution in [0.25, 0.3) is 0 Å². The second-order valence-electron chi connectivity index (χ2n) is 9.74. The summed E-state index contributed by atoms with van der Waals surface area (Å²) in [5.41, 5.74) is 1.54. The van der Waals surface area contributed by atoms with E-state index < -0.39 is 36.5 Å². The number of hydrogen-bond donors (Lipinski definition) is 2. The van der Waals surface area contributed by atoms with Gasteiger partial charge in [0.05, 0.1) is 19.3 Å². The van der Waals surface area contributed by atoms with Crippen molar-refractivity contribution in [3.8, 4) is 5.75 Å². The minimum absolute atomic E-state index is 0.0506. The predicted octanol–water partition coefficient (Wildman–Crippen LogP) is 2.91. The molecule has 0 bridgehead atoms. The summed E-state index contributed by atoms with van der Waals surface area (Å²) in [5.74, 6) is -0.952. The Hall–Kier alpha value is -3.50. The van der Waals surface area contributed by atoms with Gasteiger partial charge in [-0.25, -0.2) is 9.18 Å². The molecule has 2 atom stereocenters. The number of Topliss-reactive ketones (excluding diaryl/α,β-unsaturated/α-hetero) is 1. The van der Waals surface area contributed by atoms with E-state index in [1.165, 1.54) is 0 Å². The number of alkyl halides is 1. The highest BCUT2D eigenvalue weighted by atomic mass is 19.1. The Morgan fingerprint density at radius 3 is 2.31 bits per heavy atom. The molecule has 9 nitrogen and oxygen atoms in total. The minimum atomic E-state index is -1.22. The lowest BCUT2D eigenvalue weighted by molar-refractivity contribution is -0.129. The first-order valence-electron chi connectivity index (χ1n) is 13.2. The van der Waals surface area contributed by atoms with Gasteiger partial charge in [0.15, 0.2) is 5.78 Å². The minimum Gasteiger partial charge on any atom is -0.492 e.